The van der Waals surface area contributed by atoms with Crippen molar-refractivity contribution in [1.82, 2.24) is 0 Å². The van der Waals surface area contributed by atoms with E-state index in [-0.39, 0.29) is 55.5 Å². The Labute approximate surface area is 255 Å². The van der Waals surface area contributed by atoms with Crippen molar-refractivity contribution in [3.63, 3.8) is 0 Å². The predicted octanol–water partition coefficient (Wildman–Crippen LogP) is 4.85. The fourth-order valence-corrected chi connectivity index (χ4v) is 9.65. The molecule has 0 amide bonds. The van der Waals surface area contributed by atoms with Crippen LogP contribution in [-0.4, -0.2) is 63.8 Å². The van der Waals surface area contributed by atoms with Gasteiger partial charge in [0.05, 0.1) is 17.8 Å². The molecule has 0 heterocycles. The van der Waals surface area contributed by atoms with Gasteiger partial charge in [0.15, 0.2) is 23.7 Å². The molecule has 0 radical (unpaired) electrons. The Kier molecular flexibility index (Phi) is 8.49. The normalized spacial score (nSPS) is 41.4. The minimum atomic E-state index is -2.30. The third kappa shape index (κ3) is 4.72. The lowest BCUT2D eigenvalue weighted by Crippen LogP contribution is -2.70. The molecule has 0 aromatic heterocycles. The molecular formula is C33H40F2O7S. The van der Waals surface area contributed by atoms with E-state index < -0.39 is 69.0 Å². The molecule has 0 bridgehead atoms. The molecule has 0 aliphatic heterocycles. The van der Waals surface area contributed by atoms with Gasteiger partial charge in [-0.2, -0.15) is 0 Å². The maximum absolute atomic E-state index is 17.5. The average molecular weight is 619 g/mol. The first-order valence-electron chi connectivity index (χ1n) is 15.2. The number of aliphatic hydroxyl groups excluding tert-OH is 1. The molecular weight excluding hydrogens is 578 g/mol. The molecule has 9 atom stereocenters. The third-order valence-corrected chi connectivity index (χ3v) is 12.0. The highest BCUT2D eigenvalue weighted by molar-refractivity contribution is 8.14. The summed E-state index contributed by atoms with van der Waals surface area (Å²) in [4.78, 5) is 51.0. The van der Waals surface area contributed by atoms with Gasteiger partial charge in [0, 0.05) is 29.1 Å². The first-order valence-corrected chi connectivity index (χ1v) is 16.2. The van der Waals surface area contributed by atoms with Crippen LogP contribution in [0.2, 0.25) is 0 Å². The Hall–Kier alpha value is -2.51. The van der Waals surface area contributed by atoms with E-state index in [1.807, 2.05) is 0 Å². The molecule has 0 saturated heterocycles. The number of halogens is 2. The number of fused-ring (bicyclic) bond motifs is 5. The van der Waals surface area contributed by atoms with Gasteiger partial charge in [-0.1, -0.05) is 56.9 Å². The van der Waals surface area contributed by atoms with Crippen LogP contribution < -0.4 is 0 Å². The van der Waals surface area contributed by atoms with Crippen molar-refractivity contribution >= 4 is 34.6 Å². The summed E-state index contributed by atoms with van der Waals surface area (Å²) in [6.45, 7) is 6.59. The van der Waals surface area contributed by atoms with E-state index in [0.29, 0.717) is 0 Å². The van der Waals surface area contributed by atoms with Gasteiger partial charge in [-0.05, 0) is 62.7 Å². The highest BCUT2D eigenvalue weighted by Gasteiger charge is 2.78. The van der Waals surface area contributed by atoms with E-state index in [1.54, 1.807) is 20.8 Å². The monoisotopic (exact) mass is 618 g/mol. The van der Waals surface area contributed by atoms with Crippen LogP contribution >= 0.6 is 11.8 Å². The van der Waals surface area contributed by atoms with Crippen LogP contribution in [0.4, 0.5) is 8.78 Å². The predicted molar refractivity (Wildman–Crippen MR) is 156 cm³/mol. The van der Waals surface area contributed by atoms with Gasteiger partial charge in [-0.15, -0.1) is 0 Å². The molecule has 5 aliphatic carbocycles. The summed E-state index contributed by atoms with van der Waals surface area (Å²) in [5, 5.41) is 11.2. The number of hydrogen-bond donors (Lipinski definition) is 1. The van der Waals surface area contributed by atoms with Crippen molar-refractivity contribution in [2.75, 3.05) is 12.4 Å². The van der Waals surface area contributed by atoms with Crippen molar-refractivity contribution in [2.45, 2.75) is 96.2 Å². The van der Waals surface area contributed by atoms with Crippen LogP contribution in [0.3, 0.4) is 0 Å². The van der Waals surface area contributed by atoms with Crippen molar-refractivity contribution in [3.05, 3.63) is 23.8 Å². The van der Waals surface area contributed by atoms with E-state index >= 15 is 8.78 Å². The number of carbonyl (C=O) groups excluding carboxylic acids is 4. The second-order valence-electron chi connectivity index (χ2n) is 13.2. The number of ether oxygens (including phenoxy) is 2. The number of rotatable bonds is 6. The number of hydrogen-bond acceptors (Lipinski definition) is 8. The van der Waals surface area contributed by atoms with E-state index in [9.17, 15) is 24.3 Å². The molecule has 5 aliphatic rings. The average Bonchev–Trinajstić information content (AvgIpc) is 3.14. The molecule has 0 aromatic carbocycles. The summed E-state index contributed by atoms with van der Waals surface area (Å²) in [6, 6.07) is 0. The second-order valence-corrected chi connectivity index (χ2v) is 14.2. The minimum Gasteiger partial charge on any atom is -0.452 e. The number of aliphatic hydroxyl groups is 1. The zero-order chi connectivity index (χ0) is 31.4. The number of thioether (sulfide) groups is 1. The van der Waals surface area contributed by atoms with Gasteiger partial charge < -0.3 is 14.6 Å². The Morgan fingerprint density at radius 3 is 2.53 bits per heavy atom. The van der Waals surface area contributed by atoms with Crippen molar-refractivity contribution in [2.24, 2.45) is 34.5 Å². The fourth-order valence-electron chi connectivity index (χ4n) is 8.65. The summed E-state index contributed by atoms with van der Waals surface area (Å²) < 4.78 is 44.5. The molecule has 7 nitrogen and oxygen atoms in total. The van der Waals surface area contributed by atoms with Crippen LogP contribution in [0, 0.1) is 46.3 Å². The largest absolute Gasteiger partial charge is 0.452 e. The Bertz CT molecular complexity index is 1330. The van der Waals surface area contributed by atoms with Crippen molar-refractivity contribution in [3.8, 4) is 11.8 Å². The molecule has 0 unspecified atom stereocenters. The third-order valence-electron chi connectivity index (χ3n) is 11.2. The molecule has 4 fully saturated rings. The maximum Gasteiger partial charge on any atom is 0.309 e. The Balaban J connectivity index is 1.43. The summed E-state index contributed by atoms with van der Waals surface area (Å²) in [5.41, 5.74) is -6.71. The zero-order valence-corrected chi connectivity index (χ0v) is 25.9. The topological polar surface area (TPSA) is 107 Å². The zero-order valence-electron chi connectivity index (χ0n) is 25.1. The summed E-state index contributed by atoms with van der Waals surface area (Å²) in [6.07, 6.45) is 3.03. The molecule has 234 valence electrons. The van der Waals surface area contributed by atoms with E-state index in [0.717, 1.165) is 37.1 Å². The molecule has 4 saturated carbocycles. The molecule has 0 aromatic rings. The Morgan fingerprint density at radius 1 is 1.16 bits per heavy atom. The molecule has 43 heavy (non-hydrogen) atoms. The number of alkyl halides is 2. The van der Waals surface area contributed by atoms with Gasteiger partial charge in [0.2, 0.25) is 5.12 Å². The van der Waals surface area contributed by atoms with Crippen LogP contribution in [0.25, 0.3) is 0 Å². The van der Waals surface area contributed by atoms with Crippen LogP contribution in [-0.2, 0) is 28.7 Å². The smallest absolute Gasteiger partial charge is 0.309 e. The van der Waals surface area contributed by atoms with Gasteiger partial charge in [0.1, 0.15) is 6.17 Å². The lowest BCUT2D eigenvalue weighted by atomic mass is 9.44. The number of allylic oxidation sites excluding steroid dienone is 4. The number of esters is 2. The molecule has 5 rings (SSSR count). The van der Waals surface area contributed by atoms with E-state index in [1.165, 1.54) is 19.1 Å². The Morgan fingerprint density at radius 2 is 1.88 bits per heavy atom. The first kappa shape index (κ1) is 31.9. The number of carbonyl (C=O) groups is 4. The highest BCUT2D eigenvalue weighted by Crippen LogP contribution is 2.72. The van der Waals surface area contributed by atoms with Crippen LogP contribution in [0.5, 0.6) is 0 Å². The highest BCUT2D eigenvalue weighted by atomic mass is 32.2. The van der Waals surface area contributed by atoms with Gasteiger partial charge in [0.25, 0.3) is 0 Å². The van der Waals surface area contributed by atoms with Gasteiger partial charge >= 0.3 is 11.9 Å². The molecule has 0 spiro atoms. The first-order chi connectivity index (χ1) is 20.3. The van der Waals surface area contributed by atoms with Crippen molar-refractivity contribution < 1.29 is 42.5 Å². The summed E-state index contributed by atoms with van der Waals surface area (Å²) in [5.74, 6) is 2.16. The lowest BCUT2D eigenvalue weighted by Gasteiger charge is -2.63. The SMILES string of the molecule is CCC(=O)O[C@]1(C(=O)SCC#CCOC(=O)C2CCC2)[C@H](C)C[C@H]2[C@@H]3C[C@H](F)C4=CC(=O)C=C[C@]4(C)[C@@]3(F)[C@@H](O)C[C@@]21C. The number of ketones is 1. The second kappa shape index (κ2) is 11.4. The van der Waals surface area contributed by atoms with Crippen LogP contribution in [0.15, 0.2) is 23.8 Å². The lowest BCUT2D eigenvalue weighted by molar-refractivity contribution is -0.228. The maximum atomic E-state index is 17.5. The van der Waals surface area contributed by atoms with Crippen LogP contribution in [0.1, 0.15) is 72.6 Å². The minimum absolute atomic E-state index is 0.00989. The molecule has 10 heteroatoms. The fraction of sp³-hybridized carbons (Fsp3) is 0.697. The van der Waals surface area contributed by atoms with Crippen molar-refractivity contribution in [1.29, 1.82) is 0 Å². The summed E-state index contributed by atoms with van der Waals surface area (Å²) in [7, 11) is 0. The molecule has 1 N–H and O–H groups in total. The standard InChI is InChI=1S/C33H40F2O7S/c1-5-27(38)42-33(29(40)43-14-7-6-13-41-28(39)20-9-8-10-20)19(2)15-22-23-17-25(34)24-16-21(36)11-12-30(24,3)32(23,35)26(37)18-31(22,33)4/h11-12,16,19-20,22-23,25-26,37H,5,8-10,13-15,17-18H2,1-4H3/t19-,22+,23+,25+,26+,30+,31+,32+,33+/m1/s1. The summed E-state index contributed by atoms with van der Waals surface area (Å²) >= 11 is 0.874. The van der Waals surface area contributed by atoms with Gasteiger partial charge in [-0.25, -0.2) is 8.78 Å². The van der Waals surface area contributed by atoms with E-state index in [4.69, 9.17) is 9.47 Å². The van der Waals surface area contributed by atoms with Gasteiger partial charge in [-0.3, -0.25) is 19.2 Å². The quantitative estimate of drug-likeness (QED) is 0.333. The van der Waals surface area contributed by atoms with E-state index in [2.05, 4.69) is 11.8 Å².